The Morgan fingerprint density at radius 3 is 2.90 bits per heavy atom. The fourth-order valence-corrected chi connectivity index (χ4v) is 2.02. The van der Waals surface area contributed by atoms with Crippen molar-refractivity contribution < 1.29 is 19.4 Å². The van der Waals surface area contributed by atoms with Gasteiger partial charge in [-0.3, -0.25) is 9.59 Å². The summed E-state index contributed by atoms with van der Waals surface area (Å²) < 4.78 is 5.35. The zero-order chi connectivity index (χ0) is 14.5. The molecule has 1 aliphatic heterocycles. The number of ether oxygens (including phenoxy) is 1. The molecule has 1 aromatic rings. The van der Waals surface area contributed by atoms with Crippen molar-refractivity contribution in [2.24, 2.45) is 0 Å². The second-order valence-electron chi connectivity index (χ2n) is 4.82. The van der Waals surface area contributed by atoms with Gasteiger partial charge in [0.2, 0.25) is 0 Å². The quantitative estimate of drug-likeness (QED) is 0.567. The van der Waals surface area contributed by atoms with Gasteiger partial charge in [-0.25, -0.2) is 0 Å². The van der Waals surface area contributed by atoms with E-state index in [9.17, 15) is 14.7 Å². The van der Waals surface area contributed by atoms with E-state index in [1.807, 2.05) is 6.92 Å². The van der Waals surface area contributed by atoms with Crippen LogP contribution < -0.4 is 10.6 Å². The molecule has 1 atom stereocenters. The van der Waals surface area contributed by atoms with Gasteiger partial charge in [0.1, 0.15) is 5.75 Å². The number of hydrogen-bond donors (Lipinski definition) is 3. The SMILES string of the molecule is Cc1ccc(O)c(NC(=O)C(=O)NCC2CCCO2)c1. The number of anilines is 1. The Labute approximate surface area is 117 Å². The summed E-state index contributed by atoms with van der Waals surface area (Å²) in [4.78, 5) is 23.3. The molecule has 1 aromatic carbocycles. The first-order chi connectivity index (χ1) is 9.56. The lowest BCUT2D eigenvalue weighted by atomic mass is 10.2. The molecular formula is C14H18N2O4. The first-order valence-electron chi connectivity index (χ1n) is 6.56. The van der Waals surface area contributed by atoms with Crippen molar-refractivity contribution in [1.82, 2.24) is 5.32 Å². The summed E-state index contributed by atoms with van der Waals surface area (Å²) in [6, 6.07) is 4.78. The van der Waals surface area contributed by atoms with Crippen LogP contribution in [0.4, 0.5) is 5.69 Å². The van der Waals surface area contributed by atoms with Crippen molar-refractivity contribution >= 4 is 17.5 Å². The molecule has 1 aliphatic rings. The standard InChI is InChI=1S/C14H18N2O4/c1-9-4-5-12(17)11(7-9)16-14(19)13(18)15-8-10-3-2-6-20-10/h4-5,7,10,17H,2-3,6,8H2,1H3,(H,15,18)(H,16,19). The van der Waals surface area contributed by atoms with Gasteiger partial charge < -0.3 is 20.5 Å². The summed E-state index contributed by atoms with van der Waals surface area (Å²) >= 11 is 0. The van der Waals surface area contributed by atoms with Gasteiger partial charge in [-0.15, -0.1) is 0 Å². The van der Waals surface area contributed by atoms with Crippen LogP contribution >= 0.6 is 0 Å². The second kappa shape index (κ2) is 6.38. The first kappa shape index (κ1) is 14.3. The van der Waals surface area contributed by atoms with Crippen LogP contribution in [0.5, 0.6) is 5.75 Å². The Balaban J connectivity index is 1.87. The number of phenols is 1. The largest absolute Gasteiger partial charge is 0.506 e. The zero-order valence-corrected chi connectivity index (χ0v) is 11.3. The lowest BCUT2D eigenvalue weighted by Crippen LogP contribution is -2.39. The van der Waals surface area contributed by atoms with Gasteiger partial charge in [-0.1, -0.05) is 6.07 Å². The van der Waals surface area contributed by atoms with Gasteiger partial charge in [0.15, 0.2) is 0 Å². The number of carbonyl (C=O) groups is 2. The Hall–Kier alpha value is -2.08. The number of carbonyl (C=O) groups excluding carboxylic acids is 2. The topological polar surface area (TPSA) is 87.7 Å². The molecule has 0 saturated carbocycles. The van der Waals surface area contributed by atoms with Gasteiger partial charge >= 0.3 is 11.8 Å². The molecule has 6 nitrogen and oxygen atoms in total. The molecule has 1 heterocycles. The lowest BCUT2D eigenvalue weighted by Gasteiger charge is -2.11. The highest BCUT2D eigenvalue weighted by molar-refractivity contribution is 6.39. The molecule has 0 bridgehead atoms. The van der Waals surface area contributed by atoms with Crippen LogP contribution in [0.25, 0.3) is 0 Å². The normalized spacial score (nSPS) is 17.8. The van der Waals surface area contributed by atoms with Crippen LogP contribution in [0, 0.1) is 6.92 Å². The van der Waals surface area contributed by atoms with Crippen molar-refractivity contribution in [3.8, 4) is 5.75 Å². The van der Waals surface area contributed by atoms with Crippen molar-refractivity contribution in [3.63, 3.8) is 0 Å². The van der Waals surface area contributed by atoms with E-state index < -0.39 is 11.8 Å². The molecule has 1 unspecified atom stereocenters. The third kappa shape index (κ3) is 3.71. The summed E-state index contributed by atoms with van der Waals surface area (Å²) in [6.45, 7) is 2.85. The number of aromatic hydroxyl groups is 1. The molecule has 3 N–H and O–H groups in total. The van der Waals surface area contributed by atoms with E-state index in [2.05, 4.69) is 10.6 Å². The molecule has 0 spiro atoms. The lowest BCUT2D eigenvalue weighted by molar-refractivity contribution is -0.136. The van der Waals surface area contributed by atoms with Crippen LogP contribution in [-0.4, -0.2) is 36.2 Å². The number of phenolic OH excluding ortho intramolecular Hbond substituents is 1. The van der Waals surface area contributed by atoms with Crippen molar-refractivity contribution in [1.29, 1.82) is 0 Å². The second-order valence-corrected chi connectivity index (χ2v) is 4.82. The highest BCUT2D eigenvalue weighted by Crippen LogP contribution is 2.23. The van der Waals surface area contributed by atoms with E-state index in [1.165, 1.54) is 6.07 Å². The fraction of sp³-hybridized carbons (Fsp3) is 0.429. The summed E-state index contributed by atoms with van der Waals surface area (Å²) in [5.41, 5.74) is 1.10. The third-order valence-electron chi connectivity index (χ3n) is 3.12. The minimum Gasteiger partial charge on any atom is -0.506 e. The molecule has 2 rings (SSSR count). The number of hydrogen-bond acceptors (Lipinski definition) is 4. The van der Waals surface area contributed by atoms with Crippen LogP contribution in [0.2, 0.25) is 0 Å². The van der Waals surface area contributed by atoms with E-state index in [0.29, 0.717) is 13.2 Å². The van der Waals surface area contributed by atoms with Crippen LogP contribution in [0.1, 0.15) is 18.4 Å². The van der Waals surface area contributed by atoms with Crippen LogP contribution in [0.15, 0.2) is 18.2 Å². The average Bonchev–Trinajstić information content (AvgIpc) is 2.93. The summed E-state index contributed by atoms with van der Waals surface area (Å²) in [7, 11) is 0. The zero-order valence-electron chi connectivity index (χ0n) is 11.3. The molecular weight excluding hydrogens is 260 g/mol. The van der Waals surface area contributed by atoms with E-state index >= 15 is 0 Å². The van der Waals surface area contributed by atoms with Crippen molar-refractivity contribution in [3.05, 3.63) is 23.8 Å². The summed E-state index contributed by atoms with van der Waals surface area (Å²) in [5.74, 6) is -1.61. The Bertz CT molecular complexity index is 510. The minimum absolute atomic E-state index is 0.0147. The Kier molecular flexibility index (Phi) is 4.57. The van der Waals surface area contributed by atoms with Gasteiger partial charge in [0.25, 0.3) is 0 Å². The van der Waals surface area contributed by atoms with E-state index in [4.69, 9.17) is 4.74 Å². The fourth-order valence-electron chi connectivity index (χ4n) is 2.02. The highest BCUT2D eigenvalue weighted by atomic mass is 16.5. The predicted octanol–water partition coefficient (Wildman–Crippen LogP) is 0.934. The van der Waals surface area contributed by atoms with Crippen LogP contribution in [0.3, 0.4) is 0 Å². The number of rotatable bonds is 3. The number of benzene rings is 1. The minimum atomic E-state index is -0.802. The van der Waals surface area contributed by atoms with Gasteiger partial charge in [0.05, 0.1) is 11.8 Å². The van der Waals surface area contributed by atoms with Crippen molar-refractivity contribution in [2.75, 3.05) is 18.5 Å². The monoisotopic (exact) mass is 278 g/mol. The molecule has 20 heavy (non-hydrogen) atoms. The molecule has 0 aromatic heterocycles. The van der Waals surface area contributed by atoms with Crippen molar-refractivity contribution in [2.45, 2.75) is 25.9 Å². The highest BCUT2D eigenvalue weighted by Gasteiger charge is 2.19. The first-order valence-corrected chi connectivity index (χ1v) is 6.56. The number of aryl methyl sites for hydroxylation is 1. The van der Waals surface area contributed by atoms with E-state index in [-0.39, 0.29) is 17.5 Å². The molecule has 108 valence electrons. The van der Waals surface area contributed by atoms with Gasteiger partial charge in [-0.2, -0.15) is 0 Å². The molecule has 0 aliphatic carbocycles. The maximum Gasteiger partial charge on any atom is 0.313 e. The third-order valence-corrected chi connectivity index (χ3v) is 3.12. The maximum atomic E-state index is 11.7. The number of nitrogens with one attached hydrogen (secondary N) is 2. The van der Waals surface area contributed by atoms with E-state index in [1.54, 1.807) is 12.1 Å². The van der Waals surface area contributed by atoms with Gasteiger partial charge in [0, 0.05) is 13.2 Å². The van der Waals surface area contributed by atoms with E-state index in [0.717, 1.165) is 18.4 Å². The summed E-state index contributed by atoms with van der Waals surface area (Å²) in [5, 5.41) is 14.5. The van der Waals surface area contributed by atoms with Crippen LogP contribution in [-0.2, 0) is 14.3 Å². The number of amides is 2. The molecule has 6 heteroatoms. The predicted molar refractivity (Wildman–Crippen MR) is 73.5 cm³/mol. The molecule has 0 radical (unpaired) electrons. The molecule has 1 fully saturated rings. The smallest absolute Gasteiger partial charge is 0.313 e. The van der Waals surface area contributed by atoms with Gasteiger partial charge in [-0.05, 0) is 37.5 Å². The molecule has 1 saturated heterocycles. The Morgan fingerprint density at radius 1 is 1.40 bits per heavy atom. The Morgan fingerprint density at radius 2 is 2.20 bits per heavy atom. The molecule has 2 amide bonds. The maximum absolute atomic E-state index is 11.7. The average molecular weight is 278 g/mol. The summed E-state index contributed by atoms with van der Waals surface area (Å²) in [6.07, 6.45) is 1.85.